The molecule has 0 bridgehead atoms. The standard InChI is InChI=1S/C12H18ClNO3S2/c1-4-9(2)14(11(15)7-13)8-10-5-6-18-12(10)19(3,16)17/h5-6,9H,4,7-8H2,1-3H3/t9-/m0/s1. The number of nitrogens with zero attached hydrogens (tertiary/aromatic N) is 1. The number of carbonyl (C=O) groups is 1. The minimum atomic E-state index is -3.25. The topological polar surface area (TPSA) is 54.5 Å². The third-order valence-electron chi connectivity index (χ3n) is 2.94. The molecule has 0 fully saturated rings. The normalized spacial score (nSPS) is 13.3. The summed E-state index contributed by atoms with van der Waals surface area (Å²) in [6, 6.07) is 1.77. The fourth-order valence-electron chi connectivity index (χ4n) is 1.73. The van der Waals surface area contributed by atoms with Crippen molar-refractivity contribution in [3.63, 3.8) is 0 Å². The van der Waals surface area contributed by atoms with E-state index in [1.807, 2.05) is 13.8 Å². The molecule has 0 radical (unpaired) electrons. The van der Waals surface area contributed by atoms with Crippen LogP contribution in [-0.2, 0) is 21.2 Å². The Labute approximate surface area is 123 Å². The quantitative estimate of drug-likeness (QED) is 0.756. The number of hydrogen-bond donors (Lipinski definition) is 0. The van der Waals surface area contributed by atoms with E-state index in [1.165, 1.54) is 17.6 Å². The van der Waals surface area contributed by atoms with E-state index in [4.69, 9.17) is 11.6 Å². The van der Waals surface area contributed by atoms with Gasteiger partial charge in [0.1, 0.15) is 10.1 Å². The molecule has 1 amide bonds. The van der Waals surface area contributed by atoms with Gasteiger partial charge in [0.25, 0.3) is 0 Å². The van der Waals surface area contributed by atoms with Gasteiger partial charge in [-0.15, -0.1) is 22.9 Å². The summed E-state index contributed by atoms with van der Waals surface area (Å²) in [4.78, 5) is 13.5. The lowest BCUT2D eigenvalue weighted by Gasteiger charge is -2.28. The van der Waals surface area contributed by atoms with Gasteiger partial charge in [-0.1, -0.05) is 6.92 Å². The highest BCUT2D eigenvalue weighted by Crippen LogP contribution is 2.25. The number of thiophene rings is 1. The Morgan fingerprint density at radius 2 is 2.16 bits per heavy atom. The molecule has 4 nitrogen and oxygen atoms in total. The number of sulfone groups is 1. The molecule has 1 aromatic rings. The first-order valence-corrected chi connectivity index (χ1v) is 9.23. The fraction of sp³-hybridized carbons (Fsp3) is 0.583. The van der Waals surface area contributed by atoms with Crippen LogP contribution in [0.25, 0.3) is 0 Å². The van der Waals surface area contributed by atoms with Gasteiger partial charge in [0.2, 0.25) is 5.91 Å². The summed E-state index contributed by atoms with van der Waals surface area (Å²) in [5, 5.41) is 1.73. The molecule has 108 valence electrons. The monoisotopic (exact) mass is 323 g/mol. The Bertz CT molecular complexity index is 539. The minimum absolute atomic E-state index is 0.0264. The van der Waals surface area contributed by atoms with Crippen LogP contribution in [0.5, 0.6) is 0 Å². The average molecular weight is 324 g/mol. The lowest BCUT2D eigenvalue weighted by atomic mass is 10.2. The molecular weight excluding hydrogens is 306 g/mol. The lowest BCUT2D eigenvalue weighted by Crippen LogP contribution is -2.38. The van der Waals surface area contributed by atoms with Crippen molar-refractivity contribution in [1.82, 2.24) is 4.90 Å². The van der Waals surface area contributed by atoms with Crippen molar-refractivity contribution in [2.45, 2.75) is 37.1 Å². The summed E-state index contributed by atoms with van der Waals surface area (Å²) in [6.07, 6.45) is 1.97. The molecule has 0 aliphatic carbocycles. The van der Waals surface area contributed by atoms with Gasteiger partial charge in [-0.3, -0.25) is 4.79 Å². The second kappa shape index (κ2) is 6.72. The van der Waals surface area contributed by atoms with Gasteiger partial charge in [0.05, 0.1) is 0 Å². The zero-order valence-corrected chi connectivity index (χ0v) is 13.6. The Morgan fingerprint density at radius 3 is 2.63 bits per heavy atom. The predicted octanol–water partition coefficient (Wildman–Crippen LogP) is 2.52. The van der Waals surface area contributed by atoms with Crippen molar-refractivity contribution in [2.75, 3.05) is 12.1 Å². The van der Waals surface area contributed by atoms with E-state index in [9.17, 15) is 13.2 Å². The molecule has 0 saturated heterocycles. The van der Waals surface area contributed by atoms with Crippen LogP contribution in [0.1, 0.15) is 25.8 Å². The number of carbonyl (C=O) groups excluding carboxylic acids is 1. The van der Waals surface area contributed by atoms with E-state index in [-0.39, 0.29) is 24.4 Å². The first-order valence-electron chi connectivity index (χ1n) is 5.93. The van der Waals surface area contributed by atoms with Gasteiger partial charge >= 0.3 is 0 Å². The molecule has 1 rings (SSSR count). The molecule has 1 aromatic heterocycles. The SMILES string of the molecule is CC[C@H](C)N(Cc1ccsc1S(C)(=O)=O)C(=O)CCl. The van der Waals surface area contributed by atoms with Gasteiger partial charge in [0.15, 0.2) is 9.84 Å². The molecule has 1 atom stereocenters. The van der Waals surface area contributed by atoms with Gasteiger partial charge in [0, 0.05) is 24.4 Å². The molecule has 19 heavy (non-hydrogen) atoms. The Hall–Kier alpha value is -0.590. The van der Waals surface area contributed by atoms with E-state index in [2.05, 4.69) is 0 Å². The van der Waals surface area contributed by atoms with Gasteiger partial charge in [-0.2, -0.15) is 0 Å². The summed E-state index contributed by atoms with van der Waals surface area (Å²) in [7, 11) is -3.25. The summed E-state index contributed by atoms with van der Waals surface area (Å²) in [5.41, 5.74) is 0.659. The van der Waals surface area contributed by atoms with Crippen molar-refractivity contribution in [2.24, 2.45) is 0 Å². The number of alkyl halides is 1. The highest BCUT2D eigenvalue weighted by molar-refractivity contribution is 7.92. The number of amides is 1. The molecule has 0 aliphatic heterocycles. The molecule has 7 heteroatoms. The Kier molecular flexibility index (Phi) is 5.82. The number of rotatable bonds is 6. The predicted molar refractivity (Wildman–Crippen MR) is 78.5 cm³/mol. The molecule has 0 unspecified atom stereocenters. The molecular formula is C12H18ClNO3S2. The van der Waals surface area contributed by atoms with Crippen LogP contribution in [0.15, 0.2) is 15.7 Å². The fourth-order valence-corrected chi connectivity index (χ4v) is 4.00. The Morgan fingerprint density at radius 1 is 1.53 bits per heavy atom. The van der Waals surface area contributed by atoms with E-state index in [0.29, 0.717) is 9.77 Å². The lowest BCUT2D eigenvalue weighted by molar-refractivity contribution is -0.131. The van der Waals surface area contributed by atoms with Crippen LogP contribution in [0, 0.1) is 0 Å². The summed E-state index contributed by atoms with van der Waals surface area (Å²) >= 11 is 6.79. The van der Waals surface area contributed by atoms with Gasteiger partial charge < -0.3 is 4.90 Å². The molecule has 0 aliphatic rings. The largest absolute Gasteiger partial charge is 0.335 e. The maximum absolute atomic E-state index is 11.8. The third kappa shape index (κ3) is 4.19. The van der Waals surface area contributed by atoms with Crippen molar-refractivity contribution < 1.29 is 13.2 Å². The minimum Gasteiger partial charge on any atom is -0.335 e. The highest BCUT2D eigenvalue weighted by Gasteiger charge is 2.22. The van der Waals surface area contributed by atoms with Crippen LogP contribution >= 0.6 is 22.9 Å². The summed E-state index contributed by atoms with van der Waals surface area (Å²) in [6.45, 7) is 4.19. The van der Waals surface area contributed by atoms with Crippen molar-refractivity contribution >= 4 is 38.7 Å². The summed E-state index contributed by atoms with van der Waals surface area (Å²) in [5.74, 6) is -0.274. The zero-order chi connectivity index (χ0) is 14.6. The van der Waals surface area contributed by atoms with Crippen molar-refractivity contribution in [3.8, 4) is 0 Å². The van der Waals surface area contributed by atoms with Crippen molar-refractivity contribution in [3.05, 3.63) is 17.0 Å². The first-order chi connectivity index (χ1) is 8.81. The first kappa shape index (κ1) is 16.5. The number of hydrogen-bond acceptors (Lipinski definition) is 4. The van der Waals surface area contributed by atoms with Crippen LogP contribution in [0.3, 0.4) is 0 Å². The molecule has 0 aromatic carbocycles. The highest BCUT2D eigenvalue weighted by atomic mass is 35.5. The van der Waals surface area contributed by atoms with Crippen LogP contribution < -0.4 is 0 Å². The van der Waals surface area contributed by atoms with Crippen LogP contribution in [-0.4, -0.2) is 37.4 Å². The smallest absolute Gasteiger partial charge is 0.238 e. The maximum atomic E-state index is 11.8. The second-order valence-corrected chi connectivity index (χ2v) is 7.81. The second-order valence-electron chi connectivity index (χ2n) is 4.42. The molecule has 0 N–H and O–H groups in total. The zero-order valence-electron chi connectivity index (χ0n) is 11.2. The molecule has 0 saturated carbocycles. The van der Waals surface area contributed by atoms with E-state index in [0.717, 1.165) is 6.42 Å². The van der Waals surface area contributed by atoms with E-state index < -0.39 is 9.84 Å². The Balaban J connectivity index is 3.04. The third-order valence-corrected chi connectivity index (χ3v) is 6.05. The van der Waals surface area contributed by atoms with E-state index >= 15 is 0 Å². The van der Waals surface area contributed by atoms with Crippen LogP contribution in [0.2, 0.25) is 0 Å². The summed E-state index contributed by atoms with van der Waals surface area (Å²) < 4.78 is 23.6. The molecule has 0 spiro atoms. The number of halogens is 1. The van der Waals surface area contributed by atoms with E-state index in [1.54, 1.807) is 16.3 Å². The maximum Gasteiger partial charge on any atom is 0.238 e. The van der Waals surface area contributed by atoms with Crippen molar-refractivity contribution in [1.29, 1.82) is 0 Å². The van der Waals surface area contributed by atoms with Gasteiger partial charge in [-0.25, -0.2) is 8.42 Å². The molecule has 1 heterocycles. The van der Waals surface area contributed by atoms with Gasteiger partial charge in [-0.05, 0) is 24.8 Å². The van der Waals surface area contributed by atoms with Crippen LogP contribution in [0.4, 0.5) is 0 Å². The average Bonchev–Trinajstić information content (AvgIpc) is 2.82.